The second kappa shape index (κ2) is 6.62. The van der Waals surface area contributed by atoms with E-state index in [2.05, 4.69) is 27.2 Å². The number of carbonyl (C=O) groups excluding carboxylic acids is 1. The Morgan fingerprint density at radius 2 is 1.93 bits per heavy atom. The van der Waals surface area contributed by atoms with Crippen LogP contribution >= 0.6 is 0 Å². The van der Waals surface area contributed by atoms with Crippen molar-refractivity contribution < 1.29 is 4.79 Å². The second-order valence-corrected chi connectivity index (χ2v) is 7.55. The Balaban J connectivity index is 1.70. The van der Waals surface area contributed by atoms with E-state index in [9.17, 15) is 4.79 Å². The number of carbonyl (C=O) groups is 1. The molecule has 0 radical (unpaired) electrons. The van der Waals surface area contributed by atoms with Crippen molar-refractivity contribution in [3.63, 3.8) is 0 Å². The molecule has 150 valence electrons. The monoisotopic (exact) mass is 399 g/mol. The maximum absolute atomic E-state index is 13.0. The quantitative estimate of drug-likeness (QED) is 0.546. The van der Waals surface area contributed by atoms with E-state index in [0.717, 1.165) is 29.7 Å². The summed E-state index contributed by atoms with van der Waals surface area (Å²) in [4.78, 5) is 31.4. The molecule has 8 heteroatoms. The Labute approximate surface area is 173 Å². The van der Waals surface area contributed by atoms with Gasteiger partial charge in [-0.05, 0) is 25.0 Å². The average Bonchev–Trinajstić information content (AvgIpc) is 3.25. The van der Waals surface area contributed by atoms with Crippen LogP contribution in [0, 0.1) is 0 Å². The van der Waals surface area contributed by atoms with Crippen molar-refractivity contribution in [1.82, 2.24) is 24.3 Å². The smallest absolute Gasteiger partial charge is 0.240 e. The summed E-state index contributed by atoms with van der Waals surface area (Å²) in [6.07, 6.45) is 5.36. The summed E-state index contributed by atoms with van der Waals surface area (Å²) in [5, 5.41) is 2.89. The van der Waals surface area contributed by atoms with Gasteiger partial charge in [-0.25, -0.2) is 19.9 Å². The zero-order valence-electron chi connectivity index (χ0n) is 16.8. The van der Waals surface area contributed by atoms with Crippen LogP contribution in [0.3, 0.4) is 0 Å². The molecule has 1 unspecified atom stereocenters. The topological polar surface area (TPSA) is 111 Å². The van der Waals surface area contributed by atoms with Crippen molar-refractivity contribution in [2.75, 3.05) is 11.1 Å². The van der Waals surface area contributed by atoms with Crippen molar-refractivity contribution in [2.24, 2.45) is 0 Å². The van der Waals surface area contributed by atoms with Crippen LogP contribution in [0.1, 0.15) is 37.1 Å². The molecule has 0 bridgehead atoms. The van der Waals surface area contributed by atoms with Gasteiger partial charge in [0, 0.05) is 12.4 Å². The normalized spacial score (nSPS) is 17.9. The molecule has 0 spiro atoms. The number of nitrogens with two attached hydrogens (primary N) is 1. The molecule has 0 saturated heterocycles. The SMILES string of the molecule is CCCc1nc(-c2nc(N)c3c(n2)NC(=O)C3(C)c2ccccc2)n2cccnc12. The second-order valence-electron chi connectivity index (χ2n) is 7.55. The molecular formula is C22H21N7O. The third-order valence-electron chi connectivity index (χ3n) is 5.63. The molecule has 5 rings (SSSR count). The molecule has 1 atom stereocenters. The number of nitrogens with one attached hydrogen (secondary N) is 1. The minimum atomic E-state index is -0.956. The van der Waals surface area contributed by atoms with Gasteiger partial charge in [0.2, 0.25) is 5.91 Å². The average molecular weight is 399 g/mol. The van der Waals surface area contributed by atoms with Crippen LogP contribution in [0.25, 0.3) is 17.3 Å². The van der Waals surface area contributed by atoms with Gasteiger partial charge >= 0.3 is 0 Å². The van der Waals surface area contributed by atoms with Gasteiger partial charge < -0.3 is 11.1 Å². The van der Waals surface area contributed by atoms with Crippen LogP contribution in [0.5, 0.6) is 0 Å². The number of benzene rings is 1. The van der Waals surface area contributed by atoms with E-state index in [0.29, 0.717) is 23.0 Å². The number of hydrogen-bond donors (Lipinski definition) is 2. The van der Waals surface area contributed by atoms with Crippen molar-refractivity contribution in [2.45, 2.75) is 32.1 Å². The number of imidazole rings is 1. The number of rotatable bonds is 4. The molecule has 4 aromatic rings. The Morgan fingerprint density at radius 1 is 1.13 bits per heavy atom. The van der Waals surface area contributed by atoms with Gasteiger partial charge in [-0.15, -0.1) is 0 Å². The number of amides is 1. The number of anilines is 2. The highest BCUT2D eigenvalue weighted by molar-refractivity contribution is 6.09. The van der Waals surface area contributed by atoms with Gasteiger partial charge in [-0.1, -0.05) is 43.7 Å². The van der Waals surface area contributed by atoms with Gasteiger partial charge in [0.05, 0.1) is 11.3 Å². The molecule has 0 saturated carbocycles. The summed E-state index contributed by atoms with van der Waals surface area (Å²) < 4.78 is 1.86. The first kappa shape index (κ1) is 18.2. The minimum Gasteiger partial charge on any atom is -0.383 e. The van der Waals surface area contributed by atoms with Crippen molar-refractivity contribution >= 4 is 23.2 Å². The van der Waals surface area contributed by atoms with Crippen LogP contribution in [0.15, 0.2) is 48.8 Å². The van der Waals surface area contributed by atoms with E-state index in [1.807, 2.05) is 53.9 Å². The summed E-state index contributed by atoms with van der Waals surface area (Å²) >= 11 is 0. The summed E-state index contributed by atoms with van der Waals surface area (Å²) in [5.41, 5.74) is 8.53. The number of nitrogens with zero attached hydrogens (tertiary/aromatic N) is 5. The first-order valence-electron chi connectivity index (χ1n) is 9.91. The van der Waals surface area contributed by atoms with E-state index >= 15 is 0 Å². The van der Waals surface area contributed by atoms with E-state index in [4.69, 9.17) is 10.7 Å². The molecule has 1 aliphatic heterocycles. The van der Waals surface area contributed by atoms with Crippen LogP contribution in [-0.4, -0.2) is 30.2 Å². The van der Waals surface area contributed by atoms with Gasteiger partial charge in [0.1, 0.15) is 17.1 Å². The fourth-order valence-electron chi connectivity index (χ4n) is 4.10. The third-order valence-corrected chi connectivity index (χ3v) is 5.63. The lowest BCUT2D eigenvalue weighted by Crippen LogP contribution is -2.32. The Morgan fingerprint density at radius 3 is 2.70 bits per heavy atom. The largest absolute Gasteiger partial charge is 0.383 e. The predicted octanol–water partition coefficient (Wildman–Crippen LogP) is 2.98. The lowest BCUT2D eigenvalue weighted by Gasteiger charge is -2.23. The van der Waals surface area contributed by atoms with Gasteiger partial charge in [-0.2, -0.15) is 0 Å². The summed E-state index contributed by atoms with van der Waals surface area (Å²) in [6.45, 7) is 3.94. The lowest BCUT2D eigenvalue weighted by atomic mass is 9.78. The Kier molecular flexibility index (Phi) is 4.02. The van der Waals surface area contributed by atoms with Crippen LogP contribution in [0.4, 0.5) is 11.6 Å². The molecular weight excluding hydrogens is 378 g/mol. The molecule has 30 heavy (non-hydrogen) atoms. The summed E-state index contributed by atoms with van der Waals surface area (Å²) in [5.74, 6) is 1.42. The van der Waals surface area contributed by atoms with E-state index < -0.39 is 5.41 Å². The lowest BCUT2D eigenvalue weighted by molar-refractivity contribution is -0.119. The highest BCUT2D eigenvalue weighted by Crippen LogP contribution is 2.44. The number of fused-ring (bicyclic) bond motifs is 2. The number of aryl methyl sites for hydroxylation is 1. The maximum Gasteiger partial charge on any atom is 0.240 e. The highest BCUT2D eigenvalue weighted by Gasteiger charge is 2.47. The van der Waals surface area contributed by atoms with Gasteiger partial charge in [-0.3, -0.25) is 9.20 Å². The van der Waals surface area contributed by atoms with Crippen molar-refractivity contribution in [3.05, 3.63) is 65.6 Å². The molecule has 3 aromatic heterocycles. The van der Waals surface area contributed by atoms with Crippen LogP contribution in [-0.2, 0) is 16.6 Å². The van der Waals surface area contributed by atoms with Crippen LogP contribution in [0.2, 0.25) is 0 Å². The van der Waals surface area contributed by atoms with Crippen molar-refractivity contribution in [1.29, 1.82) is 0 Å². The number of hydrogen-bond acceptors (Lipinski definition) is 6. The molecule has 1 aliphatic rings. The molecule has 4 heterocycles. The van der Waals surface area contributed by atoms with E-state index in [1.165, 1.54) is 0 Å². The molecule has 1 aromatic carbocycles. The predicted molar refractivity (Wildman–Crippen MR) is 114 cm³/mol. The molecule has 1 amide bonds. The first-order valence-corrected chi connectivity index (χ1v) is 9.91. The van der Waals surface area contributed by atoms with Crippen molar-refractivity contribution in [3.8, 4) is 11.6 Å². The van der Waals surface area contributed by atoms with Crippen LogP contribution < -0.4 is 11.1 Å². The molecule has 0 fully saturated rings. The van der Waals surface area contributed by atoms with Gasteiger partial charge in [0.15, 0.2) is 17.3 Å². The summed E-state index contributed by atoms with van der Waals surface area (Å²) in [6, 6.07) is 11.4. The van der Waals surface area contributed by atoms with E-state index in [-0.39, 0.29) is 11.7 Å². The number of aromatic nitrogens is 5. The van der Waals surface area contributed by atoms with E-state index in [1.54, 1.807) is 6.20 Å². The molecule has 3 N–H and O–H groups in total. The maximum atomic E-state index is 13.0. The Hall–Kier alpha value is -3.81. The molecule has 8 nitrogen and oxygen atoms in total. The third kappa shape index (κ3) is 2.50. The standard InChI is InChI=1S/C22H21N7O/c1-3-8-14-19-24-11-7-12-29(19)20(25-14)18-26-16(23)15-17(27-18)28-21(30)22(15,2)13-9-5-4-6-10-13/h4-7,9-12H,3,8H2,1-2H3,(H3,23,26,27,28,30). The molecule has 0 aliphatic carbocycles. The fraction of sp³-hybridized carbons (Fsp3) is 0.227. The highest BCUT2D eigenvalue weighted by atomic mass is 16.2. The first-order chi connectivity index (χ1) is 14.5. The Bertz CT molecular complexity index is 1280. The zero-order valence-corrected chi connectivity index (χ0v) is 16.8. The number of nitrogen functional groups attached to an aromatic ring is 1. The minimum absolute atomic E-state index is 0.178. The zero-order chi connectivity index (χ0) is 20.9. The van der Waals surface area contributed by atoms with Gasteiger partial charge in [0.25, 0.3) is 0 Å². The summed E-state index contributed by atoms with van der Waals surface area (Å²) in [7, 11) is 0. The fourth-order valence-corrected chi connectivity index (χ4v) is 4.10.